The first-order chi connectivity index (χ1) is 9.09. The minimum absolute atomic E-state index is 0.485. The number of carboxylic acids is 1. The van der Waals surface area contributed by atoms with Gasteiger partial charge in [0, 0.05) is 29.1 Å². The summed E-state index contributed by atoms with van der Waals surface area (Å²) in [6, 6.07) is 4.67. The molecule has 1 saturated heterocycles. The second-order valence-electron chi connectivity index (χ2n) is 4.55. The molecule has 1 aliphatic rings. The van der Waals surface area contributed by atoms with Crippen LogP contribution < -0.4 is 5.32 Å². The van der Waals surface area contributed by atoms with Crippen LogP contribution in [0.4, 0.5) is 0 Å². The van der Waals surface area contributed by atoms with Gasteiger partial charge >= 0.3 is 5.97 Å². The van der Waals surface area contributed by atoms with Gasteiger partial charge in [-0.05, 0) is 30.7 Å². The zero-order valence-corrected chi connectivity index (χ0v) is 12.7. The molecule has 1 aliphatic heterocycles. The number of hydrogen-bond donors (Lipinski definition) is 2. The van der Waals surface area contributed by atoms with Crippen molar-refractivity contribution >= 4 is 33.5 Å². The fourth-order valence-corrected chi connectivity index (χ4v) is 3.11. The Morgan fingerprint density at radius 1 is 1.42 bits per heavy atom. The van der Waals surface area contributed by atoms with Crippen LogP contribution in [-0.2, 0) is 4.79 Å². The molecule has 104 valence electrons. The van der Waals surface area contributed by atoms with Gasteiger partial charge in [0.25, 0.3) is 0 Å². The highest BCUT2D eigenvalue weighted by Gasteiger charge is 2.29. The molecule has 19 heavy (non-hydrogen) atoms. The summed E-state index contributed by atoms with van der Waals surface area (Å²) in [7, 11) is 0. The average molecular weight is 348 g/mol. The Morgan fingerprint density at radius 3 is 2.89 bits per heavy atom. The normalized spacial score (nSPS) is 18.8. The van der Waals surface area contributed by atoms with E-state index in [1.165, 1.54) is 0 Å². The molecule has 1 atom stereocenters. The van der Waals surface area contributed by atoms with E-state index in [-0.39, 0.29) is 0 Å². The van der Waals surface area contributed by atoms with E-state index < -0.39 is 12.0 Å². The van der Waals surface area contributed by atoms with Gasteiger partial charge in [0.2, 0.25) is 0 Å². The maximum atomic E-state index is 11.6. The van der Waals surface area contributed by atoms with Gasteiger partial charge in [-0.3, -0.25) is 9.69 Å². The molecule has 0 bridgehead atoms. The fourth-order valence-electron chi connectivity index (χ4n) is 2.33. The molecule has 1 aromatic carbocycles. The molecular formula is C13H16BrClN2O2. The lowest BCUT2D eigenvalue weighted by molar-refractivity contribution is -0.143. The molecule has 2 rings (SSSR count). The summed E-state index contributed by atoms with van der Waals surface area (Å²) in [6.07, 6.45) is 0.942. The van der Waals surface area contributed by atoms with Gasteiger partial charge in [0.1, 0.15) is 6.04 Å². The maximum absolute atomic E-state index is 11.6. The van der Waals surface area contributed by atoms with Crippen LogP contribution in [0.1, 0.15) is 18.0 Å². The van der Waals surface area contributed by atoms with Crippen LogP contribution in [-0.4, -0.2) is 42.2 Å². The largest absolute Gasteiger partial charge is 0.480 e. The molecule has 0 spiro atoms. The molecule has 6 heteroatoms. The van der Waals surface area contributed by atoms with Crippen LogP contribution in [0.2, 0.25) is 5.02 Å². The molecule has 4 nitrogen and oxygen atoms in total. The van der Waals surface area contributed by atoms with Gasteiger partial charge in [0.05, 0.1) is 0 Å². The van der Waals surface area contributed by atoms with Crippen molar-refractivity contribution in [3.63, 3.8) is 0 Å². The van der Waals surface area contributed by atoms with Crippen LogP contribution in [0.3, 0.4) is 0 Å². The lowest BCUT2D eigenvalue weighted by Crippen LogP contribution is -2.36. The Labute approximate surface area is 125 Å². The first kappa shape index (κ1) is 14.8. The summed E-state index contributed by atoms with van der Waals surface area (Å²) in [5.74, 6) is -0.855. The van der Waals surface area contributed by atoms with Crippen molar-refractivity contribution in [1.82, 2.24) is 10.2 Å². The zero-order valence-electron chi connectivity index (χ0n) is 10.4. The molecule has 0 radical (unpaired) electrons. The standard InChI is InChI=1S/C13H16BrClN2O2/c14-9-2-3-10(11(15)8-9)12(13(18)19)17-6-1-4-16-5-7-17/h2-3,8,12,16H,1,4-7H2,(H,18,19). The topological polar surface area (TPSA) is 52.6 Å². The Hall–Kier alpha value is -0.620. The van der Waals surface area contributed by atoms with Crippen molar-refractivity contribution < 1.29 is 9.90 Å². The summed E-state index contributed by atoms with van der Waals surface area (Å²) < 4.78 is 0.850. The SMILES string of the molecule is O=C(O)C(c1ccc(Br)cc1Cl)N1CCCNCC1. The van der Waals surface area contributed by atoms with Gasteiger partial charge in [0.15, 0.2) is 0 Å². The van der Waals surface area contributed by atoms with Crippen molar-refractivity contribution in [2.75, 3.05) is 26.2 Å². The summed E-state index contributed by atoms with van der Waals surface area (Å²) in [5, 5.41) is 13.3. The number of rotatable bonds is 3. The molecule has 0 amide bonds. The zero-order chi connectivity index (χ0) is 13.8. The third-order valence-electron chi connectivity index (χ3n) is 3.23. The van der Waals surface area contributed by atoms with E-state index in [9.17, 15) is 9.90 Å². The fraction of sp³-hybridized carbons (Fsp3) is 0.462. The molecule has 2 N–H and O–H groups in total. The number of benzene rings is 1. The van der Waals surface area contributed by atoms with Crippen molar-refractivity contribution in [2.45, 2.75) is 12.5 Å². The number of nitrogens with one attached hydrogen (secondary N) is 1. The number of carboxylic acid groups (broad SMARTS) is 1. The minimum Gasteiger partial charge on any atom is -0.480 e. The summed E-state index contributed by atoms with van der Waals surface area (Å²) in [6.45, 7) is 3.20. The smallest absolute Gasteiger partial charge is 0.325 e. The van der Waals surface area contributed by atoms with Crippen molar-refractivity contribution in [1.29, 1.82) is 0 Å². The van der Waals surface area contributed by atoms with Crippen LogP contribution in [0.25, 0.3) is 0 Å². The molecule has 1 aromatic rings. The number of nitrogens with zero attached hydrogens (tertiary/aromatic N) is 1. The van der Waals surface area contributed by atoms with Crippen molar-refractivity contribution in [3.05, 3.63) is 33.3 Å². The first-order valence-electron chi connectivity index (χ1n) is 6.22. The minimum atomic E-state index is -0.855. The molecule has 1 fully saturated rings. The molecule has 1 unspecified atom stereocenters. The number of hydrogen-bond acceptors (Lipinski definition) is 3. The van der Waals surface area contributed by atoms with Gasteiger partial charge in [-0.15, -0.1) is 0 Å². The van der Waals surface area contributed by atoms with E-state index in [2.05, 4.69) is 21.2 Å². The van der Waals surface area contributed by atoms with E-state index in [1.54, 1.807) is 12.1 Å². The molecule has 0 saturated carbocycles. The van der Waals surface area contributed by atoms with Crippen molar-refractivity contribution in [2.24, 2.45) is 0 Å². The third-order valence-corrected chi connectivity index (χ3v) is 4.05. The molecule has 0 aliphatic carbocycles. The van der Waals surface area contributed by atoms with Crippen LogP contribution in [0.5, 0.6) is 0 Å². The van der Waals surface area contributed by atoms with E-state index in [1.807, 2.05) is 11.0 Å². The van der Waals surface area contributed by atoms with Crippen LogP contribution in [0, 0.1) is 0 Å². The van der Waals surface area contributed by atoms with Gasteiger partial charge in [-0.2, -0.15) is 0 Å². The maximum Gasteiger partial charge on any atom is 0.325 e. The van der Waals surface area contributed by atoms with E-state index >= 15 is 0 Å². The highest BCUT2D eigenvalue weighted by atomic mass is 79.9. The number of halogens is 2. The van der Waals surface area contributed by atoms with E-state index in [0.717, 1.165) is 30.5 Å². The Kier molecular flexibility index (Phi) is 5.21. The predicted molar refractivity (Wildman–Crippen MR) is 78.6 cm³/mol. The van der Waals surface area contributed by atoms with Gasteiger partial charge in [-0.1, -0.05) is 33.6 Å². The highest BCUT2D eigenvalue weighted by molar-refractivity contribution is 9.10. The monoisotopic (exact) mass is 346 g/mol. The highest BCUT2D eigenvalue weighted by Crippen LogP contribution is 2.30. The second kappa shape index (κ2) is 6.70. The van der Waals surface area contributed by atoms with E-state index in [0.29, 0.717) is 17.1 Å². The third kappa shape index (κ3) is 3.69. The molecule has 1 heterocycles. The Morgan fingerprint density at radius 2 is 2.21 bits per heavy atom. The average Bonchev–Trinajstić information content (AvgIpc) is 2.61. The van der Waals surface area contributed by atoms with Gasteiger partial charge in [-0.25, -0.2) is 0 Å². The quantitative estimate of drug-likeness (QED) is 0.882. The van der Waals surface area contributed by atoms with Crippen molar-refractivity contribution in [3.8, 4) is 0 Å². The Bertz CT molecular complexity index is 462. The summed E-state index contributed by atoms with van der Waals surface area (Å²) in [4.78, 5) is 13.6. The Balaban J connectivity index is 2.30. The lowest BCUT2D eigenvalue weighted by Gasteiger charge is -2.28. The van der Waals surface area contributed by atoms with Crippen LogP contribution in [0.15, 0.2) is 22.7 Å². The van der Waals surface area contributed by atoms with Gasteiger partial charge < -0.3 is 10.4 Å². The number of carbonyl (C=O) groups is 1. The molecular weight excluding hydrogens is 332 g/mol. The van der Waals surface area contributed by atoms with E-state index in [4.69, 9.17) is 11.6 Å². The first-order valence-corrected chi connectivity index (χ1v) is 7.39. The predicted octanol–water partition coefficient (Wildman–Crippen LogP) is 2.52. The summed E-state index contributed by atoms with van der Waals surface area (Å²) >= 11 is 9.53. The number of aliphatic carboxylic acids is 1. The summed E-state index contributed by atoms with van der Waals surface area (Å²) in [5.41, 5.74) is 0.652. The van der Waals surface area contributed by atoms with Crippen LogP contribution >= 0.6 is 27.5 Å². The second-order valence-corrected chi connectivity index (χ2v) is 5.87. The lowest BCUT2D eigenvalue weighted by atomic mass is 10.0. The molecule has 0 aromatic heterocycles.